The zero-order valence-electron chi connectivity index (χ0n) is 9.06. The number of nitrogens with two attached hydrogens (primary N) is 1. The summed E-state index contributed by atoms with van der Waals surface area (Å²) >= 11 is 0. The molecule has 1 aliphatic rings. The van der Waals surface area contributed by atoms with Gasteiger partial charge in [-0.25, -0.2) is 0 Å². The number of hydrogen-bond acceptors (Lipinski definition) is 6. The number of anilines is 1. The Balaban J connectivity index is 2.21. The summed E-state index contributed by atoms with van der Waals surface area (Å²) in [6, 6.07) is 0.531. The molecular weight excluding hydrogens is 196 g/mol. The highest BCUT2D eigenvalue weighted by atomic mass is 16.5. The van der Waals surface area contributed by atoms with Crippen LogP contribution in [-0.4, -0.2) is 35.5 Å². The second kappa shape index (κ2) is 3.79. The van der Waals surface area contributed by atoms with E-state index in [1.807, 2.05) is 0 Å². The van der Waals surface area contributed by atoms with Crippen LogP contribution in [0.5, 0.6) is 0 Å². The maximum absolute atomic E-state index is 5.43. The van der Waals surface area contributed by atoms with Crippen molar-refractivity contribution in [1.82, 2.24) is 10.2 Å². The third kappa shape index (κ3) is 1.95. The number of nitrogens with zero attached hydrogens (tertiary/aromatic N) is 3. The molecule has 2 rings (SSSR count). The van der Waals surface area contributed by atoms with E-state index in [1.54, 1.807) is 0 Å². The van der Waals surface area contributed by atoms with Gasteiger partial charge in [-0.3, -0.25) is 0 Å². The largest absolute Gasteiger partial charge is 0.407 e. The molecule has 0 bridgehead atoms. The predicted molar refractivity (Wildman–Crippen MR) is 54.4 cm³/mol. The van der Waals surface area contributed by atoms with E-state index in [-0.39, 0.29) is 12.1 Å². The van der Waals surface area contributed by atoms with Crippen LogP contribution >= 0.6 is 0 Å². The van der Waals surface area contributed by atoms with Crippen LogP contribution in [0.15, 0.2) is 4.42 Å². The first-order chi connectivity index (χ1) is 7.13. The van der Waals surface area contributed by atoms with Crippen LogP contribution in [-0.2, 0) is 11.3 Å². The lowest BCUT2D eigenvalue weighted by Gasteiger charge is -2.40. The van der Waals surface area contributed by atoms with Crippen molar-refractivity contribution in [3.05, 3.63) is 5.89 Å². The first-order valence-electron chi connectivity index (χ1n) is 5.01. The summed E-state index contributed by atoms with van der Waals surface area (Å²) in [5.41, 5.74) is 5.31. The SMILES string of the molecule is CC1(C)COCCN1c1nnc(CN)o1. The summed E-state index contributed by atoms with van der Waals surface area (Å²) in [6.07, 6.45) is 0. The molecule has 0 spiro atoms. The Bertz CT molecular complexity index is 337. The Kier molecular flexibility index (Phi) is 2.62. The minimum Gasteiger partial charge on any atom is -0.407 e. The summed E-state index contributed by atoms with van der Waals surface area (Å²) in [4.78, 5) is 2.06. The van der Waals surface area contributed by atoms with E-state index in [0.717, 1.165) is 6.54 Å². The van der Waals surface area contributed by atoms with Crippen molar-refractivity contribution in [2.45, 2.75) is 25.9 Å². The summed E-state index contributed by atoms with van der Waals surface area (Å²) in [7, 11) is 0. The predicted octanol–water partition coefficient (Wildman–Crippen LogP) is 0.144. The first-order valence-corrected chi connectivity index (χ1v) is 5.01. The third-order valence-corrected chi connectivity index (χ3v) is 2.51. The highest BCUT2D eigenvalue weighted by Gasteiger charge is 2.33. The average Bonchev–Trinajstić information content (AvgIpc) is 2.65. The van der Waals surface area contributed by atoms with E-state index < -0.39 is 0 Å². The normalized spacial score (nSPS) is 20.6. The van der Waals surface area contributed by atoms with E-state index in [1.165, 1.54) is 0 Å². The van der Waals surface area contributed by atoms with Crippen molar-refractivity contribution in [3.8, 4) is 0 Å². The van der Waals surface area contributed by atoms with Crippen LogP contribution in [0.25, 0.3) is 0 Å². The zero-order chi connectivity index (χ0) is 10.9. The highest BCUT2D eigenvalue weighted by molar-refractivity contribution is 5.30. The Morgan fingerprint density at radius 2 is 2.27 bits per heavy atom. The molecule has 1 aromatic rings. The summed E-state index contributed by atoms with van der Waals surface area (Å²) in [5, 5.41) is 7.83. The third-order valence-electron chi connectivity index (χ3n) is 2.51. The Morgan fingerprint density at radius 3 is 2.87 bits per heavy atom. The van der Waals surface area contributed by atoms with E-state index in [0.29, 0.717) is 25.1 Å². The van der Waals surface area contributed by atoms with Gasteiger partial charge in [-0.15, -0.1) is 5.10 Å². The molecule has 2 heterocycles. The van der Waals surface area contributed by atoms with Crippen LogP contribution in [0.3, 0.4) is 0 Å². The van der Waals surface area contributed by atoms with Gasteiger partial charge in [-0.2, -0.15) is 0 Å². The van der Waals surface area contributed by atoms with Gasteiger partial charge in [0.15, 0.2) is 0 Å². The van der Waals surface area contributed by atoms with Gasteiger partial charge in [0.05, 0.1) is 25.3 Å². The number of aromatic nitrogens is 2. The van der Waals surface area contributed by atoms with Crippen molar-refractivity contribution in [3.63, 3.8) is 0 Å². The van der Waals surface area contributed by atoms with E-state index in [2.05, 4.69) is 28.9 Å². The highest BCUT2D eigenvalue weighted by Crippen LogP contribution is 2.25. The molecule has 0 aromatic carbocycles. The van der Waals surface area contributed by atoms with Gasteiger partial charge >= 0.3 is 6.01 Å². The van der Waals surface area contributed by atoms with Crippen LogP contribution in [0, 0.1) is 0 Å². The van der Waals surface area contributed by atoms with Crippen molar-refractivity contribution in [2.24, 2.45) is 5.73 Å². The van der Waals surface area contributed by atoms with Gasteiger partial charge < -0.3 is 19.8 Å². The summed E-state index contributed by atoms with van der Waals surface area (Å²) in [6.45, 7) is 6.55. The lowest BCUT2D eigenvalue weighted by molar-refractivity contribution is 0.0610. The minimum absolute atomic E-state index is 0.114. The number of ether oxygens (including phenoxy) is 1. The maximum Gasteiger partial charge on any atom is 0.318 e. The Labute approximate surface area is 88.4 Å². The fourth-order valence-electron chi connectivity index (χ4n) is 1.65. The molecular formula is C9H16N4O2. The number of rotatable bonds is 2. The quantitative estimate of drug-likeness (QED) is 0.751. The van der Waals surface area contributed by atoms with Gasteiger partial charge in [-0.05, 0) is 13.8 Å². The molecule has 0 aliphatic carbocycles. The van der Waals surface area contributed by atoms with Crippen molar-refractivity contribution in [2.75, 3.05) is 24.7 Å². The fourth-order valence-corrected chi connectivity index (χ4v) is 1.65. The molecule has 0 unspecified atom stereocenters. The van der Waals surface area contributed by atoms with Gasteiger partial charge in [0.2, 0.25) is 5.89 Å². The van der Waals surface area contributed by atoms with Crippen molar-refractivity contribution < 1.29 is 9.15 Å². The topological polar surface area (TPSA) is 77.4 Å². The zero-order valence-corrected chi connectivity index (χ0v) is 9.06. The molecule has 1 aliphatic heterocycles. The molecule has 6 heteroatoms. The van der Waals surface area contributed by atoms with Crippen LogP contribution in [0.4, 0.5) is 6.01 Å². The lowest BCUT2D eigenvalue weighted by atomic mass is 10.0. The van der Waals surface area contributed by atoms with Crippen LogP contribution in [0.1, 0.15) is 19.7 Å². The average molecular weight is 212 g/mol. The molecule has 6 nitrogen and oxygen atoms in total. The van der Waals surface area contributed by atoms with Crippen LogP contribution in [0.2, 0.25) is 0 Å². The molecule has 0 saturated carbocycles. The molecule has 15 heavy (non-hydrogen) atoms. The van der Waals surface area contributed by atoms with Gasteiger partial charge in [0, 0.05) is 6.54 Å². The maximum atomic E-state index is 5.43. The minimum atomic E-state index is -0.114. The summed E-state index contributed by atoms with van der Waals surface area (Å²) < 4.78 is 10.8. The van der Waals surface area contributed by atoms with Gasteiger partial charge in [-0.1, -0.05) is 5.10 Å². The molecule has 2 N–H and O–H groups in total. The molecule has 84 valence electrons. The number of morpholine rings is 1. The summed E-state index contributed by atoms with van der Waals surface area (Å²) in [5.74, 6) is 0.465. The smallest absolute Gasteiger partial charge is 0.318 e. The molecule has 1 saturated heterocycles. The van der Waals surface area contributed by atoms with E-state index >= 15 is 0 Å². The van der Waals surface area contributed by atoms with Crippen LogP contribution < -0.4 is 10.6 Å². The molecule has 0 atom stereocenters. The number of hydrogen-bond donors (Lipinski definition) is 1. The van der Waals surface area contributed by atoms with Gasteiger partial charge in [0.1, 0.15) is 0 Å². The molecule has 0 amide bonds. The monoisotopic (exact) mass is 212 g/mol. The van der Waals surface area contributed by atoms with Crippen molar-refractivity contribution >= 4 is 6.01 Å². The molecule has 1 aromatic heterocycles. The Hall–Kier alpha value is -1.14. The molecule has 1 fully saturated rings. The fraction of sp³-hybridized carbons (Fsp3) is 0.778. The standard InChI is InChI=1S/C9H16N4O2/c1-9(2)6-14-4-3-13(9)8-12-11-7(5-10)15-8/h3-6,10H2,1-2H3. The van der Waals surface area contributed by atoms with Gasteiger partial charge in [0.25, 0.3) is 0 Å². The lowest BCUT2D eigenvalue weighted by Crippen LogP contribution is -2.53. The molecule has 0 radical (unpaired) electrons. The van der Waals surface area contributed by atoms with E-state index in [4.69, 9.17) is 14.9 Å². The van der Waals surface area contributed by atoms with Crippen molar-refractivity contribution in [1.29, 1.82) is 0 Å². The second-order valence-corrected chi connectivity index (χ2v) is 4.20. The first kappa shape index (κ1) is 10.4. The second-order valence-electron chi connectivity index (χ2n) is 4.20. The Morgan fingerprint density at radius 1 is 1.47 bits per heavy atom. The van der Waals surface area contributed by atoms with E-state index in [9.17, 15) is 0 Å².